The Hall–Kier alpha value is -1.90. The molecule has 0 bridgehead atoms. The van der Waals surface area contributed by atoms with Crippen molar-refractivity contribution in [1.29, 1.82) is 0 Å². The number of aliphatic hydroxyl groups is 5. The summed E-state index contributed by atoms with van der Waals surface area (Å²) < 4.78 is 22.2. The van der Waals surface area contributed by atoms with Crippen LogP contribution in [0.25, 0.3) is 0 Å². The van der Waals surface area contributed by atoms with Crippen molar-refractivity contribution in [2.75, 3.05) is 0 Å². The van der Waals surface area contributed by atoms with E-state index in [1.54, 1.807) is 0 Å². The van der Waals surface area contributed by atoms with E-state index in [2.05, 4.69) is 0 Å². The average molecular weight is 431 g/mol. The molecule has 12 heteroatoms. The Morgan fingerprint density at radius 3 is 1.97 bits per heavy atom. The van der Waals surface area contributed by atoms with Gasteiger partial charge in [-0.15, -0.1) is 0 Å². The maximum absolute atomic E-state index is 10.8. The number of nitro benzene ring substituents is 1. The first-order chi connectivity index (χ1) is 14.1. The van der Waals surface area contributed by atoms with E-state index in [0.29, 0.717) is 0 Å². The Kier molecular flexibility index (Phi) is 6.89. The fourth-order valence-electron chi connectivity index (χ4n) is 3.42. The maximum atomic E-state index is 10.8. The van der Waals surface area contributed by atoms with Crippen LogP contribution in [0, 0.1) is 10.1 Å². The summed E-state index contributed by atoms with van der Waals surface area (Å²) in [4.78, 5) is 10.2. The molecule has 10 atom stereocenters. The Morgan fingerprint density at radius 2 is 1.47 bits per heavy atom. The summed E-state index contributed by atoms with van der Waals surface area (Å²) in [6.45, 7) is 2.77. The van der Waals surface area contributed by atoms with Gasteiger partial charge in [-0.25, -0.2) is 0 Å². The summed E-state index contributed by atoms with van der Waals surface area (Å²) in [6.07, 6.45) is -12.6. The molecule has 3 rings (SSSR count). The van der Waals surface area contributed by atoms with Gasteiger partial charge < -0.3 is 44.5 Å². The Balaban J connectivity index is 1.76. The number of hydrogen-bond donors (Lipinski definition) is 5. The van der Waals surface area contributed by atoms with E-state index < -0.39 is 66.3 Å². The third-order valence-electron chi connectivity index (χ3n) is 5.03. The van der Waals surface area contributed by atoms with Crippen molar-refractivity contribution in [2.45, 2.75) is 75.3 Å². The zero-order chi connectivity index (χ0) is 22.2. The Bertz CT molecular complexity index is 727. The molecule has 2 fully saturated rings. The number of benzene rings is 1. The number of aliphatic hydroxyl groups excluding tert-OH is 5. The van der Waals surface area contributed by atoms with Crippen LogP contribution < -0.4 is 4.74 Å². The van der Waals surface area contributed by atoms with Gasteiger partial charge in [0.1, 0.15) is 36.3 Å². The summed E-state index contributed by atoms with van der Waals surface area (Å²) in [5.41, 5.74) is -0.148. The van der Waals surface area contributed by atoms with Gasteiger partial charge in [0.25, 0.3) is 5.69 Å². The van der Waals surface area contributed by atoms with E-state index in [-0.39, 0.29) is 11.4 Å². The van der Waals surface area contributed by atoms with Gasteiger partial charge in [0.15, 0.2) is 12.4 Å². The lowest BCUT2D eigenvalue weighted by molar-refractivity contribution is -0.384. The number of hydrogen-bond acceptors (Lipinski definition) is 11. The van der Waals surface area contributed by atoms with E-state index in [1.165, 1.54) is 38.1 Å². The highest BCUT2D eigenvalue weighted by molar-refractivity contribution is 5.36. The first kappa shape index (κ1) is 22.8. The molecule has 2 heterocycles. The van der Waals surface area contributed by atoms with Crippen LogP contribution in [0.3, 0.4) is 0 Å². The van der Waals surface area contributed by atoms with E-state index in [4.69, 9.17) is 18.9 Å². The minimum atomic E-state index is -1.51. The Labute approximate surface area is 171 Å². The quantitative estimate of drug-likeness (QED) is 0.254. The average Bonchev–Trinajstić information content (AvgIpc) is 3.14. The third kappa shape index (κ3) is 4.55. The van der Waals surface area contributed by atoms with Crippen molar-refractivity contribution in [3.8, 4) is 5.75 Å². The zero-order valence-electron chi connectivity index (χ0n) is 16.2. The molecule has 5 N–H and O–H groups in total. The largest absolute Gasteiger partial charge is 0.462 e. The topological polar surface area (TPSA) is 181 Å². The van der Waals surface area contributed by atoms with Crippen molar-refractivity contribution in [3.63, 3.8) is 0 Å². The lowest BCUT2D eigenvalue weighted by Crippen LogP contribution is -2.45. The van der Waals surface area contributed by atoms with Crippen LogP contribution in [0.2, 0.25) is 0 Å². The molecule has 2 aliphatic rings. The van der Waals surface area contributed by atoms with Crippen molar-refractivity contribution in [1.82, 2.24) is 0 Å². The van der Waals surface area contributed by atoms with Crippen LogP contribution in [-0.4, -0.2) is 91.9 Å². The van der Waals surface area contributed by atoms with Crippen molar-refractivity contribution < 1.29 is 49.4 Å². The van der Waals surface area contributed by atoms with E-state index in [0.717, 1.165) is 0 Å². The minimum absolute atomic E-state index is 0.148. The van der Waals surface area contributed by atoms with Gasteiger partial charge in [-0.1, -0.05) is 0 Å². The summed E-state index contributed by atoms with van der Waals surface area (Å²) in [5, 5.41) is 61.0. The van der Waals surface area contributed by atoms with Crippen LogP contribution in [0.1, 0.15) is 13.8 Å². The van der Waals surface area contributed by atoms with Gasteiger partial charge in [-0.2, -0.15) is 0 Å². The molecule has 0 aromatic heterocycles. The van der Waals surface area contributed by atoms with Gasteiger partial charge in [0.2, 0.25) is 6.29 Å². The Morgan fingerprint density at radius 1 is 0.933 bits per heavy atom. The van der Waals surface area contributed by atoms with Crippen molar-refractivity contribution in [3.05, 3.63) is 34.4 Å². The third-order valence-corrected chi connectivity index (χ3v) is 5.03. The molecular formula is C18H25NO11. The predicted molar refractivity (Wildman–Crippen MR) is 97.3 cm³/mol. The molecule has 0 aliphatic carbocycles. The van der Waals surface area contributed by atoms with Gasteiger partial charge >= 0.3 is 0 Å². The number of ether oxygens (including phenoxy) is 4. The van der Waals surface area contributed by atoms with Crippen LogP contribution in [0.4, 0.5) is 5.69 Å². The standard InChI is InChI=1S/C18H25NO11/c1-7(20)14-11(22)12(23)17(28-14)30-16-13(24)15(8(2)21)29-18(16)27-10-5-3-9(4-6-10)19(25)26/h3-8,11-18,20-24H,1-2H3/t7-,8-,11-,12-,13+,14+,15+,16-,17+,18-/m1/s1. The van der Waals surface area contributed by atoms with Crippen molar-refractivity contribution >= 4 is 5.69 Å². The minimum Gasteiger partial charge on any atom is -0.462 e. The number of rotatable bonds is 7. The van der Waals surface area contributed by atoms with E-state index in [9.17, 15) is 35.6 Å². The second-order valence-electron chi connectivity index (χ2n) is 7.36. The molecule has 1 aromatic carbocycles. The highest BCUT2D eigenvalue weighted by atomic mass is 16.8. The smallest absolute Gasteiger partial charge is 0.269 e. The van der Waals surface area contributed by atoms with E-state index in [1.807, 2.05) is 0 Å². The molecular weight excluding hydrogens is 406 g/mol. The van der Waals surface area contributed by atoms with Crippen LogP contribution in [0.5, 0.6) is 5.75 Å². The van der Waals surface area contributed by atoms with Crippen molar-refractivity contribution in [2.24, 2.45) is 0 Å². The van der Waals surface area contributed by atoms with Gasteiger partial charge in [-0.3, -0.25) is 10.1 Å². The summed E-state index contributed by atoms with van der Waals surface area (Å²) in [7, 11) is 0. The molecule has 12 nitrogen and oxygen atoms in total. The molecule has 0 saturated carbocycles. The zero-order valence-corrected chi connectivity index (χ0v) is 16.2. The first-order valence-corrected chi connectivity index (χ1v) is 9.38. The van der Waals surface area contributed by atoms with Crippen LogP contribution in [0.15, 0.2) is 24.3 Å². The molecule has 0 radical (unpaired) electrons. The second-order valence-corrected chi connectivity index (χ2v) is 7.36. The van der Waals surface area contributed by atoms with Crippen LogP contribution in [-0.2, 0) is 14.2 Å². The summed E-state index contributed by atoms with van der Waals surface area (Å²) >= 11 is 0. The monoisotopic (exact) mass is 431 g/mol. The summed E-state index contributed by atoms with van der Waals surface area (Å²) in [5.74, 6) is 0.174. The van der Waals surface area contributed by atoms with Gasteiger partial charge in [-0.05, 0) is 26.0 Å². The lowest BCUT2D eigenvalue weighted by atomic mass is 10.1. The fourth-order valence-corrected chi connectivity index (χ4v) is 3.42. The fraction of sp³-hybridized carbons (Fsp3) is 0.667. The molecule has 2 aliphatic heterocycles. The normalized spacial score (nSPS) is 38.4. The first-order valence-electron chi connectivity index (χ1n) is 9.38. The maximum Gasteiger partial charge on any atom is 0.269 e. The number of non-ortho nitro benzene ring substituents is 1. The second kappa shape index (κ2) is 9.08. The SMILES string of the molecule is C[C@@H](O)[C@@H]1O[C@@H](O[C@H]2[C@H](Oc3ccc([N+](=O)[O-])cc3)O[C@@H]([C@@H](C)O)[C@@H]2O)[C@H](O)[C@H]1O. The highest BCUT2D eigenvalue weighted by Crippen LogP contribution is 2.33. The molecule has 0 unspecified atom stereocenters. The molecule has 168 valence electrons. The predicted octanol–water partition coefficient (Wildman–Crippen LogP) is -1.35. The number of nitrogens with zero attached hydrogens (tertiary/aromatic N) is 1. The molecule has 0 spiro atoms. The molecule has 2 saturated heterocycles. The molecule has 0 amide bonds. The molecule has 1 aromatic rings. The number of nitro groups is 1. The van der Waals surface area contributed by atoms with Gasteiger partial charge in [0, 0.05) is 12.1 Å². The summed E-state index contributed by atoms with van der Waals surface area (Å²) in [6, 6.07) is 5.09. The molecule has 30 heavy (non-hydrogen) atoms. The highest BCUT2D eigenvalue weighted by Gasteiger charge is 2.53. The van der Waals surface area contributed by atoms with Crippen LogP contribution >= 0.6 is 0 Å². The van der Waals surface area contributed by atoms with E-state index >= 15 is 0 Å². The lowest BCUT2D eigenvalue weighted by Gasteiger charge is -2.26. The van der Waals surface area contributed by atoms with Gasteiger partial charge in [0.05, 0.1) is 17.1 Å².